The monoisotopic (exact) mass is 640 g/mol. The second kappa shape index (κ2) is 10.6. The fourth-order valence-corrected chi connectivity index (χ4v) is 8.43. The molecular weight excluding hydrogens is 615 g/mol. The minimum absolute atomic E-state index is 0.0955. The van der Waals surface area contributed by atoms with Crippen LogP contribution in [0.15, 0.2) is 146 Å². The summed E-state index contributed by atoms with van der Waals surface area (Å²) >= 11 is 0.0955. The number of benzene rings is 7. The summed E-state index contributed by atoms with van der Waals surface area (Å²) in [5.41, 5.74) is 5.16. The third-order valence-electron chi connectivity index (χ3n) is 8.33. The van der Waals surface area contributed by atoms with Crippen LogP contribution < -0.4 is 0 Å². The molecule has 0 bridgehead atoms. The van der Waals surface area contributed by atoms with Crippen molar-refractivity contribution in [1.82, 2.24) is 19.9 Å². The van der Waals surface area contributed by atoms with Crippen LogP contribution in [0.5, 0.6) is 0 Å². The molecule has 0 N–H and O–H groups in total. The number of rotatable bonds is 4. The zero-order valence-corrected chi connectivity index (χ0v) is 25.8. The molecule has 0 aliphatic heterocycles. The van der Waals surface area contributed by atoms with E-state index in [1.807, 2.05) is 24.3 Å². The van der Waals surface area contributed by atoms with Crippen molar-refractivity contribution >= 4 is 56.6 Å². The van der Waals surface area contributed by atoms with E-state index in [9.17, 15) is 0 Å². The fourth-order valence-electron chi connectivity index (χ4n) is 6.13. The SMILES string of the molecule is c1ccc(-c2nc(-c3ccc4ccc5nc(-c6ccccc6)[se]c5c4c3)nc(-c3cc4ccccc4c4ccccc34)n2)cc1. The molecule has 0 saturated heterocycles. The summed E-state index contributed by atoms with van der Waals surface area (Å²) in [6.45, 7) is 0. The van der Waals surface area contributed by atoms with Crippen LogP contribution in [0, 0.1) is 0 Å². The van der Waals surface area contributed by atoms with Crippen molar-refractivity contribution in [3.8, 4) is 44.3 Å². The van der Waals surface area contributed by atoms with E-state index < -0.39 is 0 Å². The van der Waals surface area contributed by atoms with Crippen molar-refractivity contribution in [3.63, 3.8) is 0 Å². The molecule has 0 unspecified atom stereocenters. The molecule has 0 spiro atoms. The average molecular weight is 640 g/mol. The molecule has 2 aromatic heterocycles. The van der Waals surface area contributed by atoms with Crippen molar-refractivity contribution in [1.29, 1.82) is 0 Å². The zero-order valence-electron chi connectivity index (χ0n) is 24.1. The maximum absolute atomic E-state index is 5.17. The van der Waals surface area contributed by atoms with Crippen LogP contribution in [0.4, 0.5) is 0 Å². The van der Waals surface area contributed by atoms with Crippen LogP contribution in [0.3, 0.4) is 0 Å². The van der Waals surface area contributed by atoms with Gasteiger partial charge in [-0.05, 0) is 0 Å². The third-order valence-corrected chi connectivity index (χ3v) is 10.7. The molecule has 0 saturated carbocycles. The Hall–Kier alpha value is -5.48. The zero-order chi connectivity index (χ0) is 29.7. The first-order chi connectivity index (χ1) is 22.3. The normalized spacial score (nSPS) is 11.6. The van der Waals surface area contributed by atoms with Gasteiger partial charge in [0.05, 0.1) is 0 Å². The van der Waals surface area contributed by atoms with Gasteiger partial charge in [-0.3, -0.25) is 0 Å². The van der Waals surface area contributed by atoms with E-state index in [2.05, 4.69) is 121 Å². The number of nitrogens with zero attached hydrogens (tertiary/aromatic N) is 4. The van der Waals surface area contributed by atoms with Gasteiger partial charge in [-0.1, -0.05) is 6.07 Å². The number of aromatic nitrogens is 4. The summed E-state index contributed by atoms with van der Waals surface area (Å²) in [6.07, 6.45) is 0. The van der Waals surface area contributed by atoms with Crippen molar-refractivity contribution in [3.05, 3.63) is 146 Å². The Morgan fingerprint density at radius 3 is 1.80 bits per heavy atom. The van der Waals surface area contributed by atoms with Crippen LogP contribution in [0.2, 0.25) is 0 Å². The van der Waals surface area contributed by atoms with Gasteiger partial charge in [-0.25, -0.2) is 0 Å². The predicted molar refractivity (Wildman–Crippen MR) is 186 cm³/mol. The van der Waals surface area contributed by atoms with Gasteiger partial charge in [0.25, 0.3) is 0 Å². The summed E-state index contributed by atoms with van der Waals surface area (Å²) in [5, 5.41) is 7.09. The summed E-state index contributed by atoms with van der Waals surface area (Å²) < 4.78 is 2.46. The Balaban J connectivity index is 1.28. The van der Waals surface area contributed by atoms with Crippen molar-refractivity contribution < 1.29 is 0 Å². The van der Waals surface area contributed by atoms with Crippen LogP contribution in [0.1, 0.15) is 0 Å². The van der Waals surface area contributed by atoms with Gasteiger partial charge >= 0.3 is 260 Å². The van der Waals surface area contributed by atoms with E-state index >= 15 is 0 Å². The Morgan fingerprint density at radius 1 is 0.378 bits per heavy atom. The first-order valence-electron chi connectivity index (χ1n) is 14.9. The second-order valence-corrected chi connectivity index (χ2v) is 13.2. The van der Waals surface area contributed by atoms with Gasteiger partial charge in [-0.2, -0.15) is 0 Å². The molecular formula is C40H24N4Se. The average Bonchev–Trinajstić information content (AvgIpc) is 3.57. The summed E-state index contributed by atoms with van der Waals surface area (Å²) in [7, 11) is 0. The van der Waals surface area contributed by atoms with E-state index in [-0.39, 0.29) is 14.5 Å². The Morgan fingerprint density at radius 2 is 1.00 bits per heavy atom. The van der Waals surface area contributed by atoms with Gasteiger partial charge in [0.2, 0.25) is 0 Å². The molecule has 0 atom stereocenters. The second-order valence-electron chi connectivity index (χ2n) is 11.1. The Bertz CT molecular complexity index is 2540. The Kier molecular flexibility index (Phi) is 6.12. The van der Waals surface area contributed by atoms with Gasteiger partial charge in [0.15, 0.2) is 0 Å². The predicted octanol–water partition coefficient (Wildman–Crippen LogP) is 9.60. The van der Waals surface area contributed by atoms with Crippen LogP contribution in [-0.2, 0) is 0 Å². The first-order valence-corrected chi connectivity index (χ1v) is 16.6. The Labute approximate surface area is 265 Å². The molecule has 0 amide bonds. The van der Waals surface area contributed by atoms with E-state index in [0.29, 0.717) is 17.5 Å². The molecule has 9 rings (SSSR count). The first kappa shape index (κ1) is 26.0. The molecule has 0 radical (unpaired) electrons. The van der Waals surface area contributed by atoms with Crippen molar-refractivity contribution in [2.75, 3.05) is 0 Å². The van der Waals surface area contributed by atoms with Gasteiger partial charge in [-0.15, -0.1) is 0 Å². The standard InChI is InChI=1S/C40H24N4Se/c1-3-11-26(12-4-1)37-42-38(44-39(43-37)34-23-28-15-7-8-16-30(28)31-17-9-10-18-32(31)34)29-20-19-25-21-22-35-36(33(25)24-29)45-40(41-35)27-13-5-2-6-14-27/h1-24H. The molecule has 5 heteroatoms. The summed E-state index contributed by atoms with van der Waals surface area (Å²) in [4.78, 5) is 20.4. The molecule has 0 fully saturated rings. The maximum atomic E-state index is 5.17. The topological polar surface area (TPSA) is 51.6 Å². The van der Waals surface area contributed by atoms with Crippen LogP contribution in [0.25, 0.3) is 86.4 Å². The molecule has 0 aliphatic carbocycles. The van der Waals surface area contributed by atoms with Crippen molar-refractivity contribution in [2.45, 2.75) is 0 Å². The molecule has 9 aromatic rings. The van der Waals surface area contributed by atoms with E-state index in [4.69, 9.17) is 19.9 Å². The fraction of sp³-hybridized carbons (Fsp3) is 0. The number of hydrogen-bond acceptors (Lipinski definition) is 4. The van der Waals surface area contributed by atoms with Gasteiger partial charge < -0.3 is 0 Å². The third kappa shape index (κ3) is 4.53. The molecule has 210 valence electrons. The van der Waals surface area contributed by atoms with E-state index in [1.54, 1.807) is 0 Å². The van der Waals surface area contributed by atoms with Crippen LogP contribution >= 0.6 is 0 Å². The summed E-state index contributed by atoms with van der Waals surface area (Å²) in [5.74, 6) is 1.98. The van der Waals surface area contributed by atoms with E-state index in [1.165, 1.54) is 31.4 Å². The van der Waals surface area contributed by atoms with Gasteiger partial charge in [0, 0.05) is 0 Å². The molecule has 2 heterocycles. The molecule has 45 heavy (non-hydrogen) atoms. The minimum atomic E-state index is 0.0955. The quantitative estimate of drug-likeness (QED) is 0.142. The van der Waals surface area contributed by atoms with Crippen LogP contribution in [-0.4, -0.2) is 34.4 Å². The molecule has 4 nitrogen and oxygen atoms in total. The number of fused-ring (bicyclic) bond motifs is 6. The summed E-state index contributed by atoms with van der Waals surface area (Å²) in [6, 6.07) is 50.8. The van der Waals surface area contributed by atoms with Crippen molar-refractivity contribution in [2.24, 2.45) is 0 Å². The number of hydrogen-bond donors (Lipinski definition) is 0. The van der Waals surface area contributed by atoms with Gasteiger partial charge in [0.1, 0.15) is 0 Å². The van der Waals surface area contributed by atoms with E-state index in [0.717, 1.165) is 37.5 Å². The molecule has 7 aromatic carbocycles. The molecule has 0 aliphatic rings.